The second kappa shape index (κ2) is 13.2. The lowest BCUT2D eigenvalue weighted by molar-refractivity contribution is -0.150. The number of β-amino-alcohol motifs (C(OH)–C–C–N with tert-alkyl or cyclic N) is 1. The first kappa shape index (κ1) is 32.4. The van der Waals surface area contributed by atoms with Crippen molar-refractivity contribution in [3.63, 3.8) is 0 Å². The van der Waals surface area contributed by atoms with Crippen LogP contribution in [0, 0.1) is 11.8 Å². The molecule has 9 nitrogen and oxygen atoms in total. The molecular formula is C36H46N4O5. The van der Waals surface area contributed by atoms with E-state index < -0.39 is 29.1 Å². The first-order valence-corrected chi connectivity index (χ1v) is 16.0. The molecule has 2 aromatic rings. The standard InChI is InChI=1S/C36H46N4O5/c1-6-21-38(25-26-13-11-10-12-14-26)32(42)29-30-33(43)40(23-24-41)31(36(30)20-19-35(29,5)45-36)34(44)39(22-7-2)28-17-15-27(16-18-28)37(8-3)9-4/h6-7,10-18,29-31,41H,1-2,8-9,19-25H2,3-5H3/t29-,30-,31?,35+,36?/m0/s1. The molecule has 2 unspecified atom stereocenters. The summed E-state index contributed by atoms with van der Waals surface area (Å²) >= 11 is 0. The summed E-state index contributed by atoms with van der Waals surface area (Å²) in [5.41, 5.74) is 0.602. The minimum Gasteiger partial charge on any atom is -0.395 e. The van der Waals surface area contributed by atoms with E-state index in [2.05, 4.69) is 31.9 Å². The van der Waals surface area contributed by atoms with Crippen molar-refractivity contribution in [3.8, 4) is 0 Å². The van der Waals surface area contributed by atoms with Gasteiger partial charge in [-0.2, -0.15) is 0 Å². The molecule has 3 aliphatic heterocycles. The fourth-order valence-corrected chi connectivity index (χ4v) is 7.85. The summed E-state index contributed by atoms with van der Waals surface area (Å²) in [6, 6.07) is 16.5. The molecule has 3 fully saturated rings. The zero-order valence-corrected chi connectivity index (χ0v) is 26.7. The Bertz CT molecular complexity index is 1410. The Morgan fingerprint density at radius 2 is 1.62 bits per heavy atom. The van der Waals surface area contributed by atoms with Gasteiger partial charge in [0.15, 0.2) is 0 Å². The third-order valence-corrected chi connectivity index (χ3v) is 9.86. The smallest absolute Gasteiger partial charge is 0.253 e. The quantitative estimate of drug-likeness (QED) is 0.323. The number of hydrogen-bond donors (Lipinski definition) is 1. The van der Waals surface area contributed by atoms with Crippen LogP contribution in [0.1, 0.15) is 39.2 Å². The molecule has 3 saturated heterocycles. The van der Waals surface area contributed by atoms with Crippen molar-refractivity contribution >= 4 is 29.1 Å². The maximum Gasteiger partial charge on any atom is 0.253 e. The van der Waals surface area contributed by atoms with Crippen LogP contribution in [0.25, 0.3) is 0 Å². The van der Waals surface area contributed by atoms with Gasteiger partial charge in [-0.05, 0) is 63.4 Å². The second-order valence-corrected chi connectivity index (χ2v) is 12.4. The molecule has 3 aliphatic rings. The number of nitrogens with zero attached hydrogens (tertiary/aromatic N) is 4. The van der Waals surface area contributed by atoms with E-state index in [-0.39, 0.29) is 37.4 Å². The number of carbonyl (C=O) groups excluding carboxylic acids is 3. The van der Waals surface area contributed by atoms with E-state index >= 15 is 0 Å². The SMILES string of the molecule is C=CCN(Cc1ccccc1)C(=O)[C@@H]1[C@H]2C(=O)N(CCO)C(C(=O)N(CC=C)c3ccc(N(CC)CC)cc3)C23CC[C@@]1(C)O3. The molecule has 0 aliphatic carbocycles. The van der Waals surface area contributed by atoms with Crippen molar-refractivity contribution in [3.05, 3.63) is 85.5 Å². The molecule has 1 N–H and O–H groups in total. The number of carbonyl (C=O) groups is 3. The Kier molecular flexibility index (Phi) is 9.51. The number of likely N-dealkylation sites (tertiary alicyclic amines) is 1. The molecular weight excluding hydrogens is 568 g/mol. The number of hydrogen-bond acceptors (Lipinski definition) is 6. The van der Waals surface area contributed by atoms with Gasteiger partial charge in [-0.1, -0.05) is 42.5 Å². The summed E-state index contributed by atoms with van der Waals surface area (Å²) in [5, 5.41) is 10.0. The molecule has 2 aromatic carbocycles. The lowest BCUT2D eigenvalue weighted by atomic mass is 9.66. The average molecular weight is 615 g/mol. The first-order valence-electron chi connectivity index (χ1n) is 16.0. The van der Waals surface area contributed by atoms with Gasteiger partial charge in [0.05, 0.1) is 24.0 Å². The van der Waals surface area contributed by atoms with Crippen molar-refractivity contribution in [2.75, 3.05) is 49.1 Å². The van der Waals surface area contributed by atoms with Gasteiger partial charge >= 0.3 is 0 Å². The topological polar surface area (TPSA) is 93.6 Å². The molecule has 5 rings (SSSR count). The Labute approximate surface area is 266 Å². The van der Waals surface area contributed by atoms with Crippen LogP contribution in [-0.2, 0) is 25.7 Å². The van der Waals surface area contributed by atoms with E-state index in [1.165, 1.54) is 4.90 Å². The fraction of sp³-hybridized carbons (Fsp3) is 0.472. The van der Waals surface area contributed by atoms with Crippen molar-refractivity contribution in [2.24, 2.45) is 11.8 Å². The molecule has 9 heteroatoms. The molecule has 240 valence electrons. The number of anilines is 2. The van der Waals surface area contributed by atoms with Crippen LogP contribution in [0.5, 0.6) is 0 Å². The highest BCUT2D eigenvalue weighted by Crippen LogP contribution is 2.63. The first-order chi connectivity index (χ1) is 21.7. The van der Waals surface area contributed by atoms with E-state index in [1.54, 1.807) is 22.0 Å². The van der Waals surface area contributed by atoms with Gasteiger partial charge in [0.2, 0.25) is 11.8 Å². The van der Waals surface area contributed by atoms with Crippen molar-refractivity contribution < 1.29 is 24.2 Å². The number of amides is 3. The van der Waals surface area contributed by atoms with E-state index in [1.807, 2.05) is 61.5 Å². The lowest BCUT2D eigenvalue weighted by Gasteiger charge is -2.37. The highest BCUT2D eigenvalue weighted by atomic mass is 16.5. The van der Waals surface area contributed by atoms with Crippen LogP contribution in [0.2, 0.25) is 0 Å². The summed E-state index contributed by atoms with van der Waals surface area (Å²) in [6.07, 6.45) is 4.35. The van der Waals surface area contributed by atoms with Crippen molar-refractivity contribution in [2.45, 2.75) is 57.4 Å². The molecule has 5 atom stereocenters. The number of ether oxygens (including phenoxy) is 1. The molecule has 45 heavy (non-hydrogen) atoms. The van der Waals surface area contributed by atoms with Crippen LogP contribution in [0.4, 0.5) is 11.4 Å². The second-order valence-electron chi connectivity index (χ2n) is 12.4. The molecule has 1 spiro atoms. The van der Waals surface area contributed by atoms with Gasteiger partial charge in [-0.15, -0.1) is 13.2 Å². The van der Waals surface area contributed by atoms with Gasteiger partial charge < -0.3 is 29.4 Å². The van der Waals surface area contributed by atoms with Crippen LogP contribution in [0.3, 0.4) is 0 Å². The summed E-state index contributed by atoms with van der Waals surface area (Å²) in [7, 11) is 0. The Hall–Kier alpha value is -3.95. The number of fused-ring (bicyclic) bond motifs is 1. The van der Waals surface area contributed by atoms with E-state index in [0.29, 0.717) is 31.6 Å². The maximum absolute atomic E-state index is 14.7. The molecule has 2 bridgehead atoms. The number of aliphatic hydroxyl groups excluding tert-OH is 1. The Morgan fingerprint density at radius 3 is 2.22 bits per heavy atom. The highest BCUT2D eigenvalue weighted by Gasteiger charge is 2.78. The minimum absolute atomic E-state index is 0.0301. The summed E-state index contributed by atoms with van der Waals surface area (Å²) in [4.78, 5) is 50.5. The average Bonchev–Trinajstić information content (AvgIpc) is 3.61. The van der Waals surface area contributed by atoms with Gasteiger partial charge in [-0.25, -0.2) is 0 Å². The maximum atomic E-state index is 14.7. The molecule has 3 heterocycles. The van der Waals surface area contributed by atoms with Crippen LogP contribution in [-0.4, -0.2) is 89.2 Å². The van der Waals surface area contributed by atoms with Crippen LogP contribution in [0.15, 0.2) is 79.9 Å². The van der Waals surface area contributed by atoms with Crippen molar-refractivity contribution in [1.82, 2.24) is 9.80 Å². The number of aliphatic hydroxyl groups is 1. The predicted molar refractivity (Wildman–Crippen MR) is 176 cm³/mol. The Balaban J connectivity index is 1.51. The van der Waals surface area contributed by atoms with Crippen molar-refractivity contribution in [1.29, 1.82) is 0 Å². The largest absolute Gasteiger partial charge is 0.395 e. The van der Waals surface area contributed by atoms with E-state index in [0.717, 1.165) is 24.3 Å². The number of benzene rings is 2. The monoisotopic (exact) mass is 614 g/mol. The summed E-state index contributed by atoms with van der Waals surface area (Å²) in [5.74, 6) is -2.43. The minimum atomic E-state index is -1.19. The van der Waals surface area contributed by atoms with Gasteiger partial charge in [0.1, 0.15) is 11.6 Å². The lowest BCUT2D eigenvalue weighted by Crippen LogP contribution is -2.57. The van der Waals surface area contributed by atoms with E-state index in [9.17, 15) is 19.5 Å². The van der Waals surface area contributed by atoms with E-state index in [4.69, 9.17) is 4.74 Å². The highest BCUT2D eigenvalue weighted by molar-refractivity contribution is 6.05. The number of rotatable bonds is 14. The molecule has 3 amide bonds. The third kappa shape index (κ3) is 5.57. The van der Waals surface area contributed by atoms with Gasteiger partial charge in [-0.3, -0.25) is 14.4 Å². The molecule has 0 aromatic heterocycles. The van der Waals surface area contributed by atoms with Crippen LogP contribution < -0.4 is 9.80 Å². The van der Waals surface area contributed by atoms with Gasteiger partial charge in [0, 0.05) is 50.6 Å². The fourth-order valence-electron chi connectivity index (χ4n) is 7.85. The molecule has 0 saturated carbocycles. The zero-order valence-electron chi connectivity index (χ0n) is 26.7. The normalized spacial score (nSPS) is 26.4. The summed E-state index contributed by atoms with van der Waals surface area (Å²) < 4.78 is 6.81. The molecule has 0 radical (unpaired) electrons. The zero-order chi connectivity index (χ0) is 32.4. The Morgan fingerprint density at radius 1 is 0.978 bits per heavy atom. The van der Waals surface area contributed by atoms with Crippen LogP contribution >= 0.6 is 0 Å². The van der Waals surface area contributed by atoms with Gasteiger partial charge in [0.25, 0.3) is 5.91 Å². The third-order valence-electron chi connectivity index (χ3n) is 9.86. The predicted octanol–water partition coefficient (Wildman–Crippen LogP) is 4.02. The summed E-state index contributed by atoms with van der Waals surface area (Å²) in [6.45, 7) is 16.1.